The number of rotatable bonds is 8. The van der Waals surface area contributed by atoms with E-state index in [2.05, 4.69) is 32.3 Å². The van der Waals surface area contributed by atoms with Gasteiger partial charge in [0.1, 0.15) is 6.42 Å². The van der Waals surface area contributed by atoms with Crippen LogP contribution in [0.5, 0.6) is 0 Å². The van der Waals surface area contributed by atoms with Crippen LogP contribution in [-0.2, 0) is 9.31 Å². The Morgan fingerprint density at radius 2 is 1.63 bits per heavy atom. The predicted octanol–water partition coefficient (Wildman–Crippen LogP) is 3.92. The Kier molecular flexibility index (Phi) is 8.12. The average Bonchev–Trinajstić information content (AvgIpc) is 2.25. The van der Waals surface area contributed by atoms with Crippen molar-refractivity contribution >= 4 is 5.97 Å². The summed E-state index contributed by atoms with van der Waals surface area (Å²) in [6, 6.07) is 0. The summed E-state index contributed by atoms with van der Waals surface area (Å²) in [6.45, 7) is 12.9. The molecule has 0 fully saturated rings. The highest BCUT2D eigenvalue weighted by Crippen LogP contribution is 2.23. The first-order valence-corrected chi connectivity index (χ1v) is 7.55. The summed E-state index contributed by atoms with van der Waals surface area (Å²) < 4.78 is 9.78. The van der Waals surface area contributed by atoms with Crippen LogP contribution in [0.15, 0.2) is 0 Å². The summed E-state index contributed by atoms with van der Waals surface area (Å²) in [5, 5.41) is 10.7. The molecule has 0 unspecified atom stereocenters. The first-order valence-electron chi connectivity index (χ1n) is 7.55. The fourth-order valence-electron chi connectivity index (χ4n) is 2.17. The number of ether oxygens (including phenoxy) is 1. The highest BCUT2D eigenvalue weighted by Gasteiger charge is 2.30. The van der Waals surface area contributed by atoms with Crippen molar-refractivity contribution in [1.29, 1.82) is 0 Å². The van der Waals surface area contributed by atoms with E-state index in [4.69, 9.17) is 4.74 Å². The molecule has 0 aliphatic carbocycles. The molecule has 0 amide bonds. The van der Waals surface area contributed by atoms with Gasteiger partial charge in [-0.1, -0.05) is 40.5 Å². The summed E-state index contributed by atoms with van der Waals surface area (Å²) in [4.78, 5) is 0. The molecule has 0 saturated carbocycles. The predicted molar refractivity (Wildman–Crippen MR) is 77.6 cm³/mol. The molecule has 0 aromatic heterocycles. The van der Waals surface area contributed by atoms with Crippen LogP contribution in [0.2, 0.25) is 0 Å². The van der Waals surface area contributed by atoms with Gasteiger partial charge in [-0.25, -0.2) is 0 Å². The minimum absolute atomic E-state index is 0.245. The molecule has 0 spiro atoms. The number of esters is 1. The van der Waals surface area contributed by atoms with Crippen LogP contribution in [0.3, 0.4) is 0 Å². The molecule has 114 valence electrons. The highest BCUT2D eigenvalue weighted by molar-refractivity contribution is 5.70. The van der Waals surface area contributed by atoms with Crippen molar-refractivity contribution < 1.29 is 14.6 Å². The molecule has 0 rings (SSSR count). The van der Waals surface area contributed by atoms with Crippen LogP contribution in [0.4, 0.5) is 0 Å². The van der Waals surface area contributed by atoms with Gasteiger partial charge < -0.3 is 9.99 Å². The fraction of sp³-hybridized carbons (Fsp3) is 0.938. The van der Waals surface area contributed by atoms with Gasteiger partial charge in [0.15, 0.2) is 5.60 Å². The average molecular weight is 272 g/mol. The summed E-state index contributed by atoms with van der Waals surface area (Å²) >= 11 is 0. The third kappa shape index (κ3) is 10.8. The minimum Gasteiger partial charge on any atom is -0.588 e. The number of hydrogen-bond acceptors (Lipinski definition) is 2. The second-order valence-electron chi connectivity index (χ2n) is 7.19. The van der Waals surface area contributed by atoms with Crippen molar-refractivity contribution in [2.45, 2.75) is 92.1 Å². The van der Waals surface area contributed by atoms with E-state index in [-0.39, 0.29) is 11.6 Å². The van der Waals surface area contributed by atoms with Crippen molar-refractivity contribution in [3.05, 3.63) is 0 Å². The largest absolute Gasteiger partial charge is 0.588 e. The molecule has 3 heteroatoms. The van der Waals surface area contributed by atoms with Crippen LogP contribution in [0, 0.1) is 5.41 Å². The van der Waals surface area contributed by atoms with Gasteiger partial charge in [-0.05, 0) is 24.7 Å². The first-order chi connectivity index (χ1) is 8.70. The molecule has 0 radical (unpaired) electrons. The molecular formula is C16H32O3. The molecule has 0 bridgehead atoms. The lowest BCUT2D eigenvalue weighted by molar-refractivity contribution is -1.05. The van der Waals surface area contributed by atoms with E-state index in [9.17, 15) is 5.26 Å². The maximum absolute atomic E-state index is 10.7. The van der Waals surface area contributed by atoms with Crippen molar-refractivity contribution in [2.24, 2.45) is 5.41 Å². The standard InChI is InChI=1S/C16H32O3/c1-7-12-16(5,6)18-14(19-17)11-9-8-10-13-15(2,3)4/h7-13H2,1-6H3. The Bertz CT molecular complexity index is 262. The van der Waals surface area contributed by atoms with Crippen LogP contribution < -0.4 is 5.26 Å². The Hall–Kier alpha value is -0.730. The molecule has 0 aliphatic rings. The van der Waals surface area contributed by atoms with Gasteiger partial charge in [-0.15, -0.1) is 0 Å². The van der Waals surface area contributed by atoms with Crippen molar-refractivity contribution in [3.63, 3.8) is 0 Å². The Labute approximate surface area is 119 Å². The second-order valence-corrected chi connectivity index (χ2v) is 7.19. The van der Waals surface area contributed by atoms with E-state index < -0.39 is 0 Å². The Morgan fingerprint density at radius 1 is 1.00 bits per heavy atom. The topological polar surface area (TPSA) is 43.6 Å². The maximum atomic E-state index is 10.7. The van der Waals surface area contributed by atoms with Gasteiger partial charge in [0, 0.05) is 20.3 Å². The third-order valence-electron chi connectivity index (χ3n) is 3.14. The molecule has 0 aliphatic heterocycles. The lowest BCUT2D eigenvalue weighted by Crippen LogP contribution is -2.30. The number of carbonyl (C=O) groups excluding carboxylic acids is 1. The summed E-state index contributed by atoms with van der Waals surface area (Å²) in [7, 11) is 0. The normalized spacial score (nSPS) is 13.7. The van der Waals surface area contributed by atoms with E-state index >= 15 is 0 Å². The van der Waals surface area contributed by atoms with Crippen molar-refractivity contribution in [2.75, 3.05) is 0 Å². The van der Waals surface area contributed by atoms with Crippen molar-refractivity contribution in [1.82, 2.24) is 0 Å². The zero-order valence-electron chi connectivity index (χ0n) is 13.7. The smallest absolute Gasteiger partial charge is 0.497 e. The third-order valence-corrected chi connectivity index (χ3v) is 3.14. The number of hydrogen-bond donors (Lipinski definition) is 0. The SMILES string of the molecule is CCCC(C)(C)OC(CCCCCC(C)(C)C)=[O+][O-]. The lowest BCUT2D eigenvalue weighted by Gasteiger charge is -2.18. The van der Waals surface area contributed by atoms with Crippen LogP contribution in [-0.4, -0.2) is 11.6 Å². The van der Waals surface area contributed by atoms with E-state index in [1.807, 2.05) is 13.8 Å². The van der Waals surface area contributed by atoms with Gasteiger partial charge >= 0.3 is 5.97 Å². The van der Waals surface area contributed by atoms with E-state index in [0.29, 0.717) is 11.8 Å². The number of unbranched alkanes of at least 4 members (excludes halogenated alkanes) is 2. The molecule has 0 aromatic carbocycles. The van der Waals surface area contributed by atoms with E-state index in [0.717, 1.165) is 25.7 Å². The molecular weight excluding hydrogens is 240 g/mol. The minimum atomic E-state index is -0.306. The fourth-order valence-corrected chi connectivity index (χ4v) is 2.17. The Balaban J connectivity index is 3.90. The van der Waals surface area contributed by atoms with Crippen molar-refractivity contribution in [3.8, 4) is 0 Å². The van der Waals surface area contributed by atoms with Crippen LogP contribution >= 0.6 is 0 Å². The lowest BCUT2D eigenvalue weighted by atomic mass is 9.89. The zero-order chi connectivity index (χ0) is 14.9. The van der Waals surface area contributed by atoms with Gasteiger partial charge in [-0.3, -0.25) is 4.58 Å². The first kappa shape index (κ1) is 18.3. The molecule has 0 N–H and O–H groups in total. The van der Waals surface area contributed by atoms with E-state index in [1.165, 1.54) is 12.8 Å². The molecule has 0 atom stereocenters. The quantitative estimate of drug-likeness (QED) is 0.221. The summed E-state index contributed by atoms with van der Waals surface area (Å²) in [5.74, 6) is 0.245. The molecule has 0 aromatic rings. The van der Waals surface area contributed by atoms with Gasteiger partial charge in [0.2, 0.25) is 0 Å². The molecule has 19 heavy (non-hydrogen) atoms. The maximum Gasteiger partial charge on any atom is 0.497 e. The zero-order valence-corrected chi connectivity index (χ0v) is 13.7. The van der Waals surface area contributed by atoms with E-state index in [1.54, 1.807) is 0 Å². The Morgan fingerprint density at radius 3 is 2.11 bits per heavy atom. The monoisotopic (exact) mass is 272 g/mol. The summed E-state index contributed by atoms with van der Waals surface area (Å²) in [6.07, 6.45) is 7.03. The van der Waals surface area contributed by atoms with Gasteiger partial charge in [0.05, 0.1) is 0 Å². The van der Waals surface area contributed by atoms with Gasteiger partial charge in [0.25, 0.3) is 0 Å². The van der Waals surface area contributed by atoms with Crippen LogP contribution in [0.25, 0.3) is 0 Å². The highest BCUT2D eigenvalue weighted by atomic mass is 17.1. The molecule has 3 nitrogen and oxygen atoms in total. The van der Waals surface area contributed by atoms with Gasteiger partial charge in [-0.2, -0.15) is 0 Å². The molecule has 0 saturated heterocycles. The molecule has 0 heterocycles. The second kappa shape index (κ2) is 8.44. The summed E-state index contributed by atoms with van der Waals surface area (Å²) in [5.41, 5.74) is 0.0844. The van der Waals surface area contributed by atoms with Crippen LogP contribution in [0.1, 0.15) is 86.5 Å².